The molecule has 1 saturated heterocycles. The van der Waals surface area contributed by atoms with Crippen LogP contribution in [0.4, 0.5) is 0 Å². The molecule has 1 aliphatic heterocycles. The highest BCUT2D eigenvalue weighted by Crippen LogP contribution is 2.41. The van der Waals surface area contributed by atoms with Gasteiger partial charge in [-0.1, -0.05) is 23.2 Å². The number of β-amino-alcohol motifs (C(OH)–C–C–N with tert-alkyl or cyclic N) is 2. The maximum absolute atomic E-state index is 11.9. The summed E-state index contributed by atoms with van der Waals surface area (Å²) in [7, 11) is 0. The molecule has 1 fully saturated rings. The molecule has 110 valence electrons. The van der Waals surface area contributed by atoms with E-state index >= 15 is 0 Å². The van der Waals surface area contributed by atoms with Crippen molar-refractivity contribution >= 4 is 29.1 Å². The van der Waals surface area contributed by atoms with Gasteiger partial charge in [0.1, 0.15) is 5.75 Å². The molecule has 2 rings (SSSR count). The molecule has 0 spiro atoms. The SMILES string of the molecule is CC(O)(O)CN1C[C@H](c2c(O)ccc(Cl)c2Cl)CC1=O. The van der Waals surface area contributed by atoms with Gasteiger partial charge in [0.05, 0.1) is 16.6 Å². The van der Waals surface area contributed by atoms with Crippen LogP contribution in [0, 0.1) is 0 Å². The number of carbonyl (C=O) groups excluding carboxylic acids is 1. The van der Waals surface area contributed by atoms with Crippen molar-refractivity contribution < 1.29 is 20.1 Å². The van der Waals surface area contributed by atoms with Gasteiger partial charge in [0, 0.05) is 24.4 Å². The van der Waals surface area contributed by atoms with Gasteiger partial charge in [0.25, 0.3) is 0 Å². The van der Waals surface area contributed by atoms with Gasteiger partial charge < -0.3 is 20.2 Å². The largest absolute Gasteiger partial charge is 0.508 e. The van der Waals surface area contributed by atoms with Gasteiger partial charge in [-0.2, -0.15) is 0 Å². The van der Waals surface area contributed by atoms with Crippen LogP contribution in [0.5, 0.6) is 5.75 Å². The number of rotatable bonds is 3. The zero-order chi connectivity index (χ0) is 15.1. The van der Waals surface area contributed by atoms with Crippen molar-refractivity contribution in [2.75, 3.05) is 13.1 Å². The van der Waals surface area contributed by atoms with Gasteiger partial charge in [-0.05, 0) is 19.1 Å². The van der Waals surface area contributed by atoms with Crippen LogP contribution in [0.3, 0.4) is 0 Å². The minimum absolute atomic E-state index is 0.0187. The zero-order valence-corrected chi connectivity index (χ0v) is 12.3. The van der Waals surface area contributed by atoms with Crippen molar-refractivity contribution in [3.63, 3.8) is 0 Å². The van der Waals surface area contributed by atoms with Crippen molar-refractivity contribution in [3.8, 4) is 5.75 Å². The molecule has 1 aromatic carbocycles. The molecule has 0 aliphatic carbocycles. The standard InChI is InChI=1S/C13H15Cl2NO4/c1-13(19,20)6-16-5-7(4-10(16)18)11-9(17)3-2-8(14)12(11)15/h2-3,7,17,19-20H,4-6H2,1H3/t7-/m1/s1. The number of aliphatic hydroxyl groups is 2. The number of nitrogens with zero attached hydrogens (tertiary/aromatic N) is 1. The molecule has 5 nitrogen and oxygen atoms in total. The van der Waals surface area contributed by atoms with Crippen LogP contribution < -0.4 is 0 Å². The molecule has 7 heteroatoms. The summed E-state index contributed by atoms with van der Waals surface area (Å²) >= 11 is 12.0. The first-order chi connectivity index (χ1) is 9.19. The normalized spacial score (nSPS) is 19.8. The predicted octanol–water partition coefficient (Wildman–Crippen LogP) is 1.72. The van der Waals surface area contributed by atoms with E-state index in [1.807, 2.05) is 0 Å². The van der Waals surface area contributed by atoms with E-state index in [-0.39, 0.29) is 42.1 Å². The highest BCUT2D eigenvalue weighted by atomic mass is 35.5. The second-order valence-electron chi connectivity index (χ2n) is 5.19. The first kappa shape index (κ1) is 15.4. The first-order valence-corrected chi connectivity index (χ1v) is 6.84. The average molecular weight is 320 g/mol. The number of carbonyl (C=O) groups is 1. The second-order valence-corrected chi connectivity index (χ2v) is 5.97. The molecule has 0 unspecified atom stereocenters. The number of halogens is 2. The lowest BCUT2D eigenvalue weighted by Gasteiger charge is -2.24. The summed E-state index contributed by atoms with van der Waals surface area (Å²) in [6.45, 7) is 1.27. The molecular weight excluding hydrogens is 305 g/mol. The molecule has 0 saturated carbocycles. The predicted molar refractivity (Wildman–Crippen MR) is 74.9 cm³/mol. The molecule has 1 heterocycles. The summed E-state index contributed by atoms with van der Waals surface area (Å²) < 4.78 is 0. The number of benzene rings is 1. The Balaban J connectivity index is 2.25. The molecule has 0 radical (unpaired) electrons. The van der Waals surface area contributed by atoms with Crippen LogP contribution in [0.15, 0.2) is 12.1 Å². The Morgan fingerprint density at radius 2 is 2.05 bits per heavy atom. The molecule has 0 bridgehead atoms. The summed E-state index contributed by atoms with van der Waals surface area (Å²) in [5, 5.41) is 29.2. The molecule has 3 N–H and O–H groups in total. The van der Waals surface area contributed by atoms with Crippen LogP contribution >= 0.6 is 23.2 Å². The van der Waals surface area contributed by atoms with Gasteiger partial charge in [-0.15, -0.1) is 0 Å². The molecule has 1 amide bonds. The Labute approximate surface area is 126 Å². The fourth-order valence-electron chi connectivity index (χ4n) is 2.42. The molecule has 1 aromatic rings. The van der Waals surface area contributed by atoms with E-state index in [9.17, 15) is 20.1 Å². The third-order valence-electron chi connectivity index (χ3n) is 3.22. The van der Waals surface area contributed by atoms with Gasteiger partial charge in [-0.25, -0.2) is 0 Å². The molecule has 1 atom stereocenters. The van der Waals surface area contributed by atoms with Crippen molar-refractivity contribution in [1.82, 2.24) is 4.90 Å². The number of likely N-dealkylation sites (tertiary alicyclic amines) is 1. The van der Waals surface area contributed by atoms with E-state index in [1.54, 1.807) is 0 Å². The lowest BCUT2D eigenvalue weighted by molar-refractivity contribution is -0.165. The van der Waals surface area contributed by atoms with E-state index in [2.05, 4.69) is 0 Å². The summed E-state index contributed by atoms with van der Waals surface area (Å²) in [6.07, 6.45) is 0.143. The number of hydrogen-bond donors (Lipinski definition) is 3. The zero-order valence-electron chi connectivity index (χ0n) is 10.8. The third kappa shape index (κ3) is 3.17. The molecule has 0 aromatic heterocycles. The van der Waals surface area contributed by atoms with Gasteiger partial charge in [0.15, 0.2) is 5.79 Å². The maximum atomic E-state index is 11.9. The number of aromatic hydroxyl groups is 1. The maximum Gasteiger partial charge on any atom is 0.223 e. The molecule has 20 heavy (non-hydrogen) atoms. The van der Waals surface area contributed by atoms with Gasteiger partial charge >= 0.3 is 0 Å². The highest BCUT2D eigenvalue weighted by Gasteiger charge is 2.36. The van der Waals surface area contributed by atoms with Crippen LogP contribution in [0.1, 0.15) is 24.8 Å². The van der Waals surface area contributed by atoms with Crippen LogP contribution in [-0.4, -0.2) is 45.0 Å². The lowest BCUT2D eigenvalue weighted by atomic mass is 9.97. The summed E-state index contributed by atoms with van der Waals surface area (Å²) in [5.74, 6) is -2.52. The fourth-order valence-corrected chi connectivity index (χ4v) is 2.90. The lowest BCUT2D eigenvalue weighted by Crippen LogP contribution is -2.41. The monoisotopic (exact) mass is 319 g/mol. The second kappa shape index (κ2) is 5.41. The van der Waals surface area contributed by atoms with E-state index in [0.29, 0.717) is 10.6 Å². The Kier molecular flexibility index (Phi) is 4.16. The van der Waals surface area contributed by atoms with Crippen LogP contribution in [0.2, 0.25) is 10.0 Å². The average Bonchev–Trinajstić information content (AvgIpc) is 2.64. The number of phenolic OH excluding ortho intramolecular Hbond substituents is 1. The number of hydrogen-bond acceptors (Lipinski definition) is 4. The Hall–Kier alpha value is -1.01. The molecule has 1 aliphatic rings. The Bertz CT molecular complexity index is 542. The van der Waals surface area contributed by atoms with Crippen molar-refractivity contribution in [1.29, 1.82) is 0 Å². The van der Waals surface area contributed by atoms with Gasteiger partial charge in [0.2, 0.25) is 5.91 Å². The Morgan fingerprint density at radius 3 is 2.65 bits per heavy atom. The quantitative estimate of drug-likeness (QED) is 0.741. The third-order valence-corrected chi connectivity index (χ3v) is 4.04. The number of amides is 1. The Morgan fingerprint density at radius 1 is 1.40 bits per heavy atom. The van der Waals surface area contributed by atoms with E-state index in [1.165, 1.54) is 24.0 Å². The topological polar surface area (TPSA) is 81.0 Å². The van der Waals surface area contributed by atoms with E-state index in [0.717, 1.165) is 0 Å². The first-order valence-electron chi connectivity index (χ1n) is 6.08. The van der Waals surface area contributed by atoms with Crippen molar-refractivity contribution in [2.45, 2.75) is 25.0 Å². The van der Waals surface area contributed by atoms with Crippen LogP contribution in [0.25, 0.3) is 0 Å². The van der Waals surface area contributed by atoms with Crippen molar-refractivity contribution in [2.24, 2.45) is 0 Å². The minimum Gasteiger partial charge on any atom is -0.508 e. The highest BCUT2D eigenvalue weighted by molar-refractivity contribution is 6.42. The minimum atomic E-state index is -1.95. The van der Waals surface area contributed by atoms with Crippen LogP contribution in [-0.2, 0) is 4.79 Å². The fraction of sp³-hybridized carbons (Fsp3) is 0.462. The summed E-state index contributed by atoms with van der Waals surface area (Å²) in [6, 6.07) is 2.91. The van der Waals surface area contributed by atoms with E-state index < -0.39 is 5.79 Å². The summed E-state index contributed by atoms with van der Waals surface area (Å²) in [5.41, 5.74) is 0.424. The molecular formula is C13H15Cl2NO4. The van der Waals surface area contributed by atoms with Crippen molar-refractivity contribution in [3.05, 3.63) is 27.7 Å². The smallest absolute Gasteiger partial charge is 0.223 e. The van der Waals surface area contributed by atoms with E-state index in [4.69, 9.17) is 23.2 Å². The van der Waals surface area contributed by atoms with Gasteiger partial charge in [-0.3, -0.25) is 4.79 Å². The number of phenols is 1. The summed E-state index contributed by atoms with van der Waals surface area (Å²) in [4.78, 5) is 13.2.